The van der Waals surface area contributed by atoms with Gasteiger partial charge in [0, 0.05) is 39.4 Å². The molecule has 9 nitrogen and oxygen atoms in total. The topological polar surface area (TPSA) is 97.2 Å². The number of halogens is 3. The van der Waals surface area contributed by atoms with E-state index in [1.54, 1.807) is 0 Å². The van der Waals surface area contributed by atoms with Crippen LogP contribution >= 0.6 is 0 Å². The predicted octanol–water partition coefficient (Wildman–Crippen LogP) is 1.21. The third kappa shape index (κ3) is 4.10. The summed E-state index contributed by atoms with van der Waals surface area (Å²) >= 11 is 0. The van der Waals surface area contributed by atoms with Gasteiger partial charge in [-0.05, 0) is 0 Å². The van der Waals surface area contributed by atoms with Gasteiger partial charge >= 0.3 is 6.18 Å². The van der Waals surface area contributed by atoms with Crippen LogP contribution in [0, 0.1) is 0 Å². The summed E-state index contributed by atoms with van der Waals surface area (Å²) in [7, 11) is 2.83. The first-order valence-electron chi connectivity index (χ1n) is 8.09. The first kappa shape index (κ1) is 18.9. The second-order valence-electron chi connectivity index (χ2n) is 5.77. The van der Waals surface area contributed by atoms with Crippen molar-refractivity contribution in [2.24, 2.45) is 7.05 Å². The number of anilines is 4. The molecule has 1 saturated heterocycles. The van der Waals surface area contributed by atoms with Gasteiger partial charge < -0.3 is 20.3 Å². The van der Waals surface area contributed by atoms with Gasteiger partial charge in [0.1, 0.15) is 17.1 Å². The molecule has 0 atom stereocenters. The lowest BCUT2D eigenvalue weighted by Crippen LogP contribution is -2.40. The molecule has 27 heavy (non-hydrogen) atoms. The SMILES string of the molecule is CNc1nc(Nc2cc(N3CCOCC3)c(=O)n(C)n2)ncc1C(F)(F)F. The molecule has 0 saturated carbocycles. The molecule has 1 aliphatic heterocycles. The molecule has 3 heterocycles. The molecule has 146 valence electrons. The fraction of sp³-hybridized carbons (Fsp3) is 0.467. The number of nitrogens with one attached hydrogen (secondary N) is 2. The lowest BCUT2D eigenvalue weighted by molar-refractivity contribution is -0.137. The van der Waals surface area contributed by atoms with Crippen molar-refractivity contribution in [2.75, 3.05) is 48.9 Å². The summed E-state index contributed by atoms with van der Waals surface area (Å²) in [5, 5.41) is 9.21. The van der Waals surface area contributed by atoms with Crippen LogP contribution in [0.1, 0.15) is 5.56 Å². The fourth-order valence-electron chi connectivity index (χ4n) is 2.64. The summed E-state index contributed by atoms with van der Waals surface area (Å²) in [5.74, 6) is -0.204. The van der Waals surface area contributed by atoms with Crippen LogP contribution in [0.2, 0.25) is 0 Å². The molecule has 0 aliphatic carbocycles. The Morgan fingerprint density at radius 2 is 1.96 bits per heavy atom. The van der Waals surface area contributed by atoms with Crippen molar-refractivity contribution in [3.05, 3.63) is 28.2 Å². The summed E-state index contributed by atoms with van der Waals surface area (Å²) in [6.45, 7) is 2.11. The molecule has 1 aliphatic rings. The van der Waals surface area contributed by atoms with Crippen LogP contribution in [0.25, 0.3) is 0 Å². The van der Waals surface area contributed by atoms with Crippen LogP contribution in [-0.2, 0) is 18.0 Å². The van der Waals surface area contributed by atoms with Crippen LogP contribution in [0.15, 0.2) is 17.1 Å². The number of morpholine rings is 1. The van der Waals surface area contributed by atoms with Crippen molar-refractivity contribution in [3.8, 4) is 0 Å². The van der Waals surface area contributed by atoms with E-state index in [-0.39, 0.29) is 23.1 Å². The summed E-state index contributed by atoms with van der Waals surface area (Å²) in [5.41, 5.74) is -0.844. The number of aromatic nitrogens is 4. The summed E-state index contributed by atoms with van der Waals surface area (Å²) in [6, 6.07) is 1.52. The van der Waals surface area contributed by atoms with E-state index >= 15 is 0 Å². The third-order valence-corrected chi connectivity index (χ3v) is 3.97. The molecule has 0 unspecified atom stereocenters. The van der Waals surface area contributed by atoms with Gasteiger partial charge in [-0.15, -0.1) is 0 Å². The Labute approximate surface area is 152 Å². The van der Waals surface area contributed by atoms with E-state index < -0.39 is 11.7 Å². The minimum absolute atomic E-state index is 0.0774. The zero-order chi connectivity index (χ0) is 19.6. The largest absolute Gasteiger partial charge is 0.421 e. The predicted molar refractivity (Wildman–Crippen MR) is 92.4 cm³/mol. The first-order chi connectivity index (χ1) is 12.8. The molecule has 12 heteroatoms. The Morgan fingerprint density at radius 1 is 1.26 bits per heavy atom. The minimum Gasteiger partial charge on any atom is -0.378 e. The maximum absolute atomic E-state index is 12.9. The van der Waals surface area contributed by atoms with Crippen molar-refractivity contribution in [2.45, 2.75) is 6.18 Å². The summed E-state index contributed by atoms with van der Waals surface area (Å²) in [6.07, 6.45) is -3.89. The second kappa shape index (κ2) is 7.39. The van der Waals surface area contributed by atoms with E-state index in [2.05, 4.69) is 25.7 Å². The zero-order valence-corrected chi connectivity index (χ0v) is 14.7. The number of ether oxygens (including phenoxy) is 1. The van der Waals surface area contributed by atoms with Gasteiger partial charge in [0.2, 0.25) is 5.95 Å². The second-order valence-corrected chi connectivity index (χ2v) is 5.77. The van der Waals surface area contributed by atoms with Gasteiger partial charge in [0.25, 0.3) is 5.56 Å². The lowest BCUT2D eigenvalue weighted by Gasteiger charge is -2.28. The number of nitrogens with zero attached hydrogens (tertiary/aromatic N) is 5. The van der Waals surface area contributed by atoms with Crippen LogP contribution in [0.3, 0.4) is 0 Å². The Balaban J connectivity index is 1.91. The van der Waals surface area contributed by atoms with Crippen molar-refractivity contribution in [1.29, 1.82) is 0 Å². The summed E-state index contributed by atoms with van der Waals surface area (Å²) < 4.78 is 45.3. The molecule has 2 N–H and O–H groups in total. The molecule has 0 bridgehead atoms. The number of hydrogen-bond acceptors (Lipinski definition) is 8. The van der Waals surface area contributed by atoms with Crippen LogP contribution in [-0.4, -0.2) is 53.1 Å². The van der Waals surface area contributed by atoms with E-state index in [1.165, 1.54) is 20.2 Å². The van der Waals surface area contributed by atoms with E-state index in [0.717, 1.165) is 4.68 Å². The highest BCUT2D eigenvalue weighted by atomic mass is 19.4. The van der Waals surface area contributed by atoms with Crippen LogP contribution in [0.4, 0.5) is 36.4 Å². The molecule has 0 radical (unpaired) electrons. The first-order valence-corrected chi connectivity index (χ1v) is 8.09. The highest BCUT2D eigenvalue weighted by Crippen LogP contribution is 2.33. The molecule has 2 aromatic rings. The summed E-state index contributed by atoms with van der Waals surface area (Å²) in [4.78, 5) is 21.8. The highest BCUT2D eigenvalue weighted by Gasteiger charge is 2.35. The van der Waals surface area contributed by atoms with E-state index in [9.17, 15) is 18.0 Å². The van der Waals surface area contributed by atoms with Crippen LogP contribution in [0.5, 0.6) is 0 Å². The third-order valence-electron chi connectivity index (χ3n) is 3.97. The number of rotatable bonds is 4. The van der Waals surface area contributed by atoms with Crippen molar-refractivity contribution in [1.82, 2.24) is 19.7 Å². The quantitative estimate of drug-likeness (QED) is 0.811. The highest BCUT2D eigenvalue weighted by molar-refractivity contribution is 5.58. The smallest absolute Gasteiger partial charge is 0.378 e. The zero-order valence-electron chi connectivity index (χ0n) is 14.7. The average Bonchev–Trinajstić information content (AvgIpc) is 2.64. The fourth-order valence-corrected chi connectivity index (χ4v) is 2.64. The van der Waals surface area contributed by atoms with Crippen molar-refractivity contribution >= 4 is 23.3 Å². The van der Waals surface area contributed by atoms with Crippen molar-refractivity contribution in [3.63, 3.8) is 0 Å². The average molecular weight is 385 g/mol. The van der Waals surface area contributed by atoms with Gasteiger partial charge in [-0.2, -0.15) is 23.3 Å². The molecule has 0 aromatic carbocycles. The Morgan fingerprint density at radius 3 is 2.59 bits per heavy atom. The van der Waals surface area contributed by atoms with E-state index in [0.29, 0.717) is 38.2 Å². The Hall–Kier alpha value is -2.89. The molecular weight excluding hydrogens is 367 g/mol. The molecule has 1 fully saturated rings. The molecule has 2 aromatic heterocycles. The van der Waals surface area contributed by atoms with Gasteiger partial charge in [0.15, 0.2) is 5.82 Å². The number of hydrogen-bond donors (Lipinski definition) is 2. The Bertz CT molecular complexity index is 879. The number of aryl methyl sites for hydroxylation is 1. The maximum Gasteiger partial charge on any atom is 0.421 e. The van der Waals surface area contributed by atoms with Gasteiger partial charge in [-0.25, -0.2) is 9.67 Å². The standard InChI is InChI=1S/C15H18F3N7O2/c1-19-12-9(15(16,17)18)8-20-14(22-12)21-11-7-10(13(26)24(2)23-11)25-3-5-27-6-4-25/h7-8H,3-6H2,1-2H3,(H2,19,20,21,22,23). The minimum atomic E-state index is -4.57. The van der Waals surface area contributed by atoms with E-state index in [1.807, 2.05) is 4.90 Å². The van der Waals surface area contributed by atoms with Gasteiger partial charge in [-0.1, -0.05) is 0 Å². The Kier molecular flexibility index (Phi) is 5.17. The van der Waals surface area contributed by atoms with Gasteiger partial charge in [0.05, 0.1) is 13.2 Å². The van der Waals surface area contributed by atoms with Crippen molar-refractivity contribution < 1.29 is 17.9 Å². The molecule has 0 amide bonds. The van der Waals surface area contributed by atoms with Gasteiger partial charge in [-0.3, -0.25) is 4.79 Å². The maximum atomic E-state index is 12.9. The molecular formula is C15H18F3N7O2. The molecule has 0 spiro atoms. The lowest BCUT2D eigenvalue weighted by atomic mass is 10.3. The van der Waals surface area contributed by atoms with Crippen LogP contribution < -0.4 is 21.1 Å². The van der Waals surface area contributed by atoms with E-state index in [4.69, 9.17) is 4.74 Å². The number of alkyl halides is 3. The molecule has 3 rings (SSSR count). The monoisotopic (exact) mass is 385 g/mol. The normalized spacial score (nSPS) is 14.9.